The summed E-state index contributed by atoms with van der Waals surface area (Å²) in [4.78, 5) is 11.6. The fourth-order valence-electron chi connectivity index (χ4n) is 1.82. The highest BCUT2D eigenvalue weighted by molar-refractivity contribution is 7.07. The van der Waals surface area contributed by atoms with Crippen molar-refractivity contribution in [1.82, 2.24) is 9.78 Å². The average molecular weight is 303 g/mol. The molecule has 3 rings (SSSR count). The molecule has 0 atom stereocenters. The maximum atomic E-state index is 11.6. The van der Waals surface area contributed by atoms with E-state index in [0.717, 1.165) is 16.9 Å². The van der Waals surface area contributed by atoms with Gasteiger partial charge in [0, 0.05) is 12.2 Å². The van der Waals surface area contributed by atoms with Gasteiger partial charge >= 0.3 is 11.8 Å². The van der Waals surface area contributed by atoms with Crippen molar-refractivity contribution < 1.29 is 9.15 Å². The van der Waals surface area contributed by atoms with E-state index >= 15 is 0 Å². The van der Waals surface area contributed by atoms with E-state index in [1.54, 1.807) is 23.5 Å². The number of benzene rings is 1. The summed E-state index contributed by atoms with van der Waals surface area (Å²) in [5.74, 6) is -0.578. The Labute approximate surface area is 124 Å². The quantitative estimate of drug-likeness (QED) is 0.784. The summed E-state index contributed by atoms with van der Waals surface area (Å²) in [6.45, 7) is 0.764. The normalized spacial score (nSPS) is 10.5. The summed E-state index contributed by atoms with van der Waals surface area (Å²) in [6, 6.07) is 9.43. The van der Waals surface area contributed by atoms with Crippen molar-refractivity contribution in [2.45, 2.75) is 6.54 Å². The molecule has 0 bridgehead atoms. The summed E-state index contributed by atoms with van der Waals surface area (Å²) in [7, 11) is 1.40. The lowest BCUT2D eigenvalue weighted by Gasteiger charge is -2.05. The molecule has 0 aliphatic carbocycles. The zero-order chi connectivity index (χ0) is 14.7. The van der Waals surface area contributed by atoms with Gasteiger partial charge in [-0.1, -0.05) is 5.10 Å². The Morgan fingerprint density at radius 2 is 2.14 bits per heavy atom. The number of hydrogen-bond donors (Lipinski definition) is 1. The molecule has 108 valence electrons. The standard InChI is InChI=1S/C14H13N3O3S/c1-19-13-16-17(14(18)20-13)12-4-2-11(3-5-12)15-8-10-6-7-21-9-10/h2-7,9,15H,8H2,1H3. The minimum absolute atomic E-state index is 0.0559. The highest BCUT2D eigenvalue weighted by Crippen LogP contribution is 2.15. The Balaban J connectivity index is 1.74. The van der Waals surface area contributed by atoms with Gasteiger partial charge in [0.2, 0.25) is 0 Å². The van der Waals surface area contributed by atoms with E-state index in [1.807, 2.05) is 17.5 Å². The number of anilines is 1. The second-order valence-corrected chi connectivity index (χ2v) is 5.06. The van der Waals surface area contributed by atoms with E-state index in [0.29, 0.717) is 5.69 Å². The molecule has 0 aliphatic rings. The van der Waals surface area contributed by atoms with Gasteiger partial charge in [-0.15, -0.1) is 0 Å². The van der Waals surface area contributed by atoms with Gasteiger partial charge in [0.05, 0.1) is 12.8 Å². The van der Waals surface area contributed by atoms with Crippen molar-refractivity contribution >= 4 is 17.0 Å². The Hall–Kier alpha value is -2.54. The minimum atomic E-state index is -0.578. The van der Waals surface area contributed by atoms with Crippen molar-refractivity contribution in [1.29, 1.82) is 0 Å². The summed E-state index contributed by atoms with van der Waals surface area (Å²) >= 11 is 1.67. The third-order valence-corrected chi connectivity index (χ3v) is 3.62. The maximum absolute atomic E-state index is 11.6. The molecule has 0 unspecified atom stereocenters. The van der Waals surface area contributed by atoms with Crippen LogP contribution in [0.15, 0.2) is 50.3 Å². The van der Waals surface area contributed by atoms with Crippen LogP contribution >= 0.6 is 11.3 Å². The molecule has 0 radical (unpaired) electrons. The zero-order valence-corrected chi connectivity index (χ0v) is 12.1. The van der Waals surface area contributed by atoms with Crippen molar-refractivity contribution in [3.63, 3.8) is 0 Å². The van der Waals surface area contributed by atoms with E-state index in [9.17, 15) is 4.79 Å². The first-order chi connectivity index (χ1) is 10.3. The van der Waals surface area contributed by atoms with Gasteiger partial charge in [-0.3, -0.25) is 0 Å². The third-order valence-electron chi connectivity index (χ3n) is 2.89. The van der Waals surface area contributed by atoms with Gasteiger partial charge in [-0.05, 0) is 46.7 Å². The monoisotopic (exact) mass is 303 g/mol. The average Bonchev–Trinajstić information content (AvgIpc) is 3.15. The first-order valence-electron chi connectivity index (χ1n) is 6.26. The Bertz CT molecular complexity index is 760. The number of ether oxygens (including phenoxy) is 1. The molecule has 0 fully saturated rings. The SMILES string of the molecule is COc1nn(-c2ccc(NCc3ccsc3)cc2)c(=O)o1. The Kier molecular flexibility index (Phi) is 3.74. The smallest absolute Gasteiger partial charge is 0.444 e. The Morgan fingerprint density at radius 3 is 2.76 bits per heavy atom. The highest BCUT2D eigenvalue weighted by Gasteiger charge is 2.09. The van der Waals surface area contributed by atoms with Crippen molar-refractivity contribution in [3.8, 4) is 11.8 Å². The molecule has 6 nitrogen and oxygen atoms in total. The van der Waals surface area contributed by atoms with Gasteiger partial charge in [0.25, 0.3) is 0 Å². The van der Waals surface area contributed by atoms with Crippen LogP contribution in [0, 0.1) is 0 Å². The van der Waals surface area contributed by atoms with Crippen molar-refractivity contribution in [3.05, 3.63) is 57.2 Å². The second-order valence-electron chi connectivity index (χ2n) is 4.28. The number of thiophene rings is 1. The molecule has 0 spiro atoms. The van der Waals surface area contributed by atoms with Crippen LogP contribution < -0.4 is 15.8 Å². The van der Waals surface area contributed by atoms with Gasteiger partial charge in [0.15, 0.2) is 0 Å². The fraction of sp³-hybridized carbons (Fsp3) is 0.143. The summed E-state index contributed by atoms with van der Waals surface area (Å²) in [6.07, 6.45) is -0.0559. The van der Waals surface area contributed by atoms with Crippen LogP contribution in [0.25, 0.3) is 5.69 Å². The van der Waals surface area contributed by atoms with Crippen molar-refractivity contribution in [2.75, 3.05) is 12.4 Å². The fourth-order valence-corrected chi connectivity index (χ4v) is 2.49. The predicted molar refractivity (Wildman–Crippen MR) is 80.3 cm³/mol. The molecule has 2 heterocycles. The minimum Gasteiger partial charge on any atom is -0.452 e. The molecule has 1 aromatic carbocycles. The predicted octanol–water partition coefficient (Wildman–Crippen LogP) is 2.51. The molecule has 7 heteroatoms. The van der Waals surface area contributed by atoms with Crippen molar-refractivity contribution in [2.24, 2.45) is 0 Å². The maximum Gasteiger partial charge on any atom is 0.444 e. The van der Waals surface area contributed by atoms with Gasteiger partial charge < -0.3 is 14.5 Å². The molecule has 1 N–H and O–H groups in total. The number of aromatic nitrogens is 2. The molecule has 21 heavy (non-hydrogen) atoms. The van der Waals surface area contributed by atoms with Gasteiger partial charge in [-0.2, -0.15) is 16.0 Å². The van der Waals surface area contributed by atoms with Gasteiger partial charge in [-0.25, -0.2) is 4.79 Å². The van der Waals surface area contributed by atoms with E-state index < -0.39 is 5.76 Å². The lowest BCUT2D eigenvalue weighted by Crippen LogP contribution is -2.13. The molecule has 2 aromatic heterocycles. The summed E-state index contributed by atoms with van der Waals surface area (Å²) in [5, 5.41) is 11.4. The third kappa shape index (κ3) is 2.97. The van der Waals surface area contributed by atoms with Crippen LogP contribution in [-0.4, -0.2) is 16.9 Å². The number of hydrogen-bond acceptors (Lipinski definition) is 6. The van der Waals surface area contributed by atoms with Crippen LogP contribution in [0.4, 0.5) is 5.69 Å². The number of nitrogens with zero attached hydrogens (tertiary/aromatic N) is 2. The molecule has 0 aliphatic heterocycles. The first kappa shape index (κ1) is 13.4. The van der Waals surface area contributed by atoms with Crippen LogP contribution in [0.5, 0.6) is 6.08 Å². The number of nitrogens with one attached hydrogen (secondary N) is 1. The second kappa shape index (κ2) is 5.84. The molecular weight excluding hydrogens is 290 g/mol. The van der Waals surface area contributed by atoms with Crippen LogP contribution in [-0.2, 0) is 6.54 Å². The molecule has 0 amide bonds. The van der Waals surface area contributed by atoms with Crippen LogP contribution in [0.1, 0.15) is 5.56 Å². The number of methoxy groups -OCH3 is 1. The van der Waals surface area contributed by atoms with E-state index in [-0.39, 0.29) is 6.08 Å². The lowest BCUT2D eigenvalue weighted by molar-refractivity contribution is 0.282. The molecule has 0 saturated heterocycles. The summed E-state index contributed by atoms with van der Waals surface area (Å²) < 4.78 is 10.7. The zero-order valence-electron chi connectivity index (χ0n) is 11.3. The van der Waals surface area contributed by atoms with Crippen LogP contribution in [0.3, 0.4) is 0 Å². The van der Waals surface area contributed by atoms with Crippen LogP contribution in [0.2, 0.25) is 0 Å². The van der Waals surface area contributed by atoms with E-state index in [4.69, 9.17) is 9.15 Å². The summed E-state index contributed by atoms with van der Waals surface area (Å²) in [5.41, 5.74) is 2.82. The molecule has 0 saturated carbocycles. The largest absolute Gasteiger partial charge is 0.452 e. The molecular formula is C14H13N3O3S. The van der Waals surface area contributed by atoms with E-state index in [2.05, 4.69) is 21.9 Å². The van der Waals surface area contributed by atoms with E-state index in [1.165, 1.54) is 12.7 Å². The molecule has 3 aromatic rings. The lowest BCUT2D eigenvalue weighted by atomic mass is 10.2. The Morgan fingerprint density at radius 1 is 1.33 bits per heavy atom. The number of rotatable bonds is 5. The van der Waals surface area contributed by atoms with Gasteiger partial charge in [0.1, 0.15) is 0 Å². The first-order valence-corrected chi connectivity index (χ1v) is 7.20. The highest BCUT2D eigenvalue weighted by atomic mass is 32.1. The topological polar surface area (TPSA) is 69.3 Å².